The topological polar surface area (TPSA) is 38.5 Å². The van der Waals surface area contributed by atoms with Crippen LogP contribution in [-0.4, -0.2) is 31.6 Å². The predicted octanol–water partition coefficient (Wildman–Crippen LogP) is 4.04. The Morgan fingerprint density at radius 3 is 2.30 bits per heavy atom. The minimum absolute atomic E-state index is 0.663. The van der Waals surface area contributed by atoms with Gasteiger partial charge in [0, 0.05) is 18.2 Å². The SMILES string of the molecule is CC.CC.CN1CCCC(COc2ccc(N)cc2)C1. The second-order valence-electron chi connectivity index (χ2n) is 4.65. The van der Waals surface area contributed by atoms with Crippen molar-refractivity contribution in [3.8, 4) is 5.75 Å². The number of rotatable bonds is 3. The van der Waals surface area contributed by atoms with Gasteiger partial charge in [-0.25, -0.2) is 0 Å². The highest BCUT2D eigenvalue weighted by Gasteiger charge is 2.17. The molecule has 0 aromatic heterocycles. The number of anilines is 1. The van der Waals surface area contributed by atoms with E-state index in [1.54, 1.807) is 0 Å². The van der Waals surface area contributed by atoms with Gasteiger partial charge in [-0.2, -0.15) is 0 Å². The van der Waals surface area contributed by atoms with E-state index in [1.807, 2.05) is 52.0 Å². The Morgan fingerprint density at radius 1 is 1.15 bits per heavy atom. The number of ether oxygens (including phenoxy) is 1. The van der Waals surface area contributed by atoms with E-state index < -0.39 is 0 Å². The van der Waals surface area contributed by atoms with Crippen molar-refractivity contribution in [2.24, 2.45) is 5.92 Å². The molecule has 3 nitrogen and oxygen atoms in total. The van der Waals surface area contributed by atoms with Gasteiger partial charge in [0.25, 0.3) is 0 Å². The summed E-state index contributed by atoms with van der Waals surface area (Å²) >= 11 is 0. The minimum atomic E-state index is 0.663. The van der Waals surface area contributed by atoms with E-state index in [4.69, 9.17) is 10.5 Å². The average molecular weight is 280 g/mol. The molecule has 1 aliphatic heterocycles. The molecule has 1 saturated heterocycles. The molecule has 1 aliphatic rings. The number of nitrogens with two attached hydrogens (primary N) is 1. The average Bonchev–Trinajstić information content (AvgIpc) is 2.51. The molecule has 1 atom stereocenters. The first kappa shape index (κ1) is 18.8. The third-order valence-corrected chi connectivity index (χ3v) is 3.09. The van der Waals surface area contributed by atoms with Crippen molar-refractivity contribution in [3.63, 3.8) is 0 Å². The Balaban J connectivity index is 0.000000829. The molecule has 2 rings (SSSR count). The molecular formula is C17H32N2O. The van der Waals surface area contributed by atoms with E-state index in [-0.39, 0.29) is 0 Å². The lowest BCUT2D eigenvalue weighted by Gasteiger charge is -2.29. The van der Waals surface area contributed by atoms with Crippen LogP contribution in [0, 0.1) is 5.92 Å². The molecule has 1 aromatic rings. The van der Waals surface area contributed by atoms with Crippen LogP contribution in [0.2, 0.25) is 0 Å². The van der Waals surface area contributed by atoms with Crippen molar-refractivity contribution in [1.29, 1.82) is 0 Å². The third kappa shape index (κ3) is 7.39. The standard InChI is InChI=1S/C13H20N2O.2C2H6/c1-15-8-2-3-11(9-15)10-16-13-6-4-12(14)5-7-13;2*1-2/h4-7,11H,2-3,8-10,14H2,1H3;2*1-2H3. The van der Waals surface area contributed by atoms with Crippen LogP contribution in [-0.2, 0) is 0 Å². The van der Waals surface area contributed by atoms with Gasteiger partial charge in [-0.15, -0.1) is 0 Å². The summed E-state index contributed by atoms with van der Waals surface area (Å²) in [4.78, 5) is 2.38. The van der Waals surface area contributed by atoms with Crippen LogP contribution < -0.4 is 10.5 Å². The minimum Gasteiger partial charge on any atom is -0.493 e. The number of nitrogens with zero attached hydrogens (tertiary/aromatic N) is 1. The summed E-state index contributed by atoms with van der Waals surface area (Å²) in [6.45, 7) is 11.2. The van der Waals surface area contributed by atoms with Crippen LogP contribution in [0.1, 0.15) is 40.5 Å². The maximum absolute atomic E-state index is 5.77. The molecule has 0 saturated carbocycles. The van der Waals surface area contributed by atoms with Gasteiger partial charge in [0.05, 0.1) is 6.61 Å². The summed E-state index contributed by atoms with van der Waals surface area (Å²) in [6, 6.07) is 7.62. The van der Waals surface area contributed by atoms with Crippen LogP contribution in [0.25, 0.3) is 0 Å². The second-order valence-corrected chi connectivity index (χ2v) is 4.65. The largest absolute Gasteiger partial charge is 0.493 e. The molecule has 3 heteroatoms. The zero-order valence-electron chi connectivity index (χ0n) is 13.9. The van der Waals surface area contributed by atoms with Gasteiger partial charge in [0.15, 0.2) is 0 Å². The maximum Gasteiger partial charge on any atom is 0.119 e. The quantitative estimate of drug-likeness (QED) is 0.849. The van der Waals surface area contributed by atoms with Gasteiger partial charge < -0.3 is 15.4 Å². The maximum atomic E-state index is 5.77. The number of hydrogen-bond acceptors (Lipinski definition) is 3. The molecule has 0 bridgehead atoms. The summed E-state index contributed by atoms with van der Waals surface area (Å²) in [5, 5.41) is 0. The summed E-state index contributed by atoms with van der Waals surface area (Å²) in [6.07, 6.45) is 2.56. The molecule has 2 N–H and O–H groups in total. The first-order valence-electron chi connectivity index (χ1n) is 7.91. The Morgan fingerprint density at radius 2 is 1.75 bits per heavy atom. The van der Waals surface area contributed by atoms with Crippen LogP contribution >= 0.6 is 0 Å². The highest BCUT2D eigenvalue weighted by atomic mass is 16.5. The first-order chi connectivity index (χ1) is 9.74. The van der Waals surface area contributed by atoms with Gasteiger partial charge in [-0.05, 0) is 50.7 Å². The summed E-state index contributed by atoms with van der Waals surface area (Å²) in [5.41, 5.74) is 6.40. The molecule has 1 fully saturated rings. The van der Waals surface area contributed by atoms with E-state index in [0.717, 1.165) is 24.6 Å². The van der Waals surface area contributed by atoms with E-state index in [1.165, 1.54) is 19.4 Å². The molecule has 1 unspecified atom stereocenters. The van der Waals surface area contributed by atoms with Crippen molar-refractivity contribution in [1.82, 2.24) is 4.90 Å². The van der Waals surface area contributed by atoms with Crippen molar-refractivity contribution >= 4 is 5.69 Å². The Kier molecular flexibility index (Phi) is 10.9. The third-order valence-electron chi connectivity index (χ3n) is 3.09. The lowest BCUT2D eigenvalue weighted by atomic mass is 10.00. The van der Waals surface area contributed by atoms with Gasteiger partial charge in [0.2, 0.25) is 0 Å². The van der Waals surface area contributed by atoms with Crippen molar-refractivity contribution in [2.45, 2.75) is 40.5 Å². The molecule has 1 aromatic carbocycles. The fourth-order valence-electron chi connectivity index (χ4n) is 2.19. The van der Waals surface area contributed by atoms with E-state index in [9.17, 15) is 0 Å². The molecule has 20 heavy (non-hydrogen) atoms. The summed E-state index contributed by atoms with van der Waals surface area (Å²) in [7, 11) is 2.18. The van der Waals surface area contributed by atoms with Gasteiger partial charge in [-0.3, -0.25) is 0 Å². The fourth-order valence-corrected chi connectivity index (χ4v) is 2.19. The number of piperidine rings is 1. The summed E-state index contributed by atoms with van der Waals surface area (Å²) in [5.74, 6) is 1.58. The Labute approximate surface area is 125 Å². The van der Waals surface area contributed by atoms with Crippen LogP contribution in [0.5, 0.6) is 5.75 Å². The lowest BCUT2D eigenvalue weighted by Crippen LogP contribution is -2.34. The predicted molar refractivity (Wildman–Crippen MR) is 89.3 cm³/mol. The van der Waals surface area contributed by atoms with E-state index >= 15 is 0 Å². The van der Waals surface area contributed by atoms with Crippen molar-refractivity contribution in [3.05, 3.63) is 24.3 Å². The molecular weight excluding hydrogens is 248 g/mol. The molecule has 1 heterocycles. The van der Waals surface area contributed by atoms with Crippen molar-refractivity contribution in [2.75, 3.05) is 32.5 Å². The first-order valence-corrected chi connectivity index (χ1v) is 7.91. The smallest absolute Gasteiger partial charge is 0.119 e. The van der Waals surface area contributed by atoms with Crippen LogP contribution in [0.3, 0.4) is 0 Å². The van der Waals surface area contributed by atoms with Crippen LogP contribution in [0.4, 0.5) is 5.69 Å². The van der Waals surface area contributed by atoms with Gasteiger partial charge in [-0.1, -0.05) is 27.7 Å². The molecule has 116 valence electrons. The van der Waals surface area contributed by atoms with E-state index in [0.29, 0.717) is 5.92 Å². The monoisotopic (exact) mass is 280 g/mol. The molecule has 0 aliphatic carbocycles. The molecule has 0 amide bonds. The fraction of sp³-hybridized carbons (Fsp3) is 0.647. The highest BCUT2D eigenvalue weighted by molar-refractivity contribution is 5.41. The molecule has 0 radical (unpaired) electrons. The molecule has 0 spiro atoms. The number of likely N-dealkylation sites (tertiary alicyclic amines) is 1. The van der Waals surface area contributed by atoms with E-state index in [2.05, 4.69) is 11.9 Å². The number of nitrogen functional groups attached to an aromatic ring is 1. The van der Waals surface area contributed by atoms with Crippen LogP contribution in [0.15, 0.2) is 24.3 Å². The second kappa shape index (κ2) is 11.6. The Hall–Kier alpha value is -1.22. The zero-order valence-corrected chi connectivity index (χ0v) is 13.9. The Bertz CT molecular complexity index is 324. The normalized spacial score (nSPS) is 18.1. The van der Waals surface area contributed by atoms with Gasteiger partial charge in [0.1, 0.15) is 5.75 Å². The zero-order chi connectivity index (χ0) is 15.4. The van der Waals surface area contributed by atoms with Gasteiger partial charge >= 0.3 is 0 Å². The summed E-state index contributed by atoms with van der Waals surface area (Å²) < 4.78 is 5.77. The lowest BCUT2D eigenvalue weighted by molar-refractivity contribution is 0.150. The van der Waals surface area contributed by atoms with Crippen molar-refractivity contribution < 1.29 is 4.74 Å². The highest BCUT2D eigenvalue weighted by Crippen LogP contribution is 2.18. The number of benzene rings is 1. The number of hydrogen-bond donors (Lipinski definition) is 1.